The van der Waals surface area contributed by atoms with Gasteiger partial charge in [0.15, 0.2) is 5.13 Å². The van der Waals surface area contributed by atoms with Crippen LogP contribution in [-0.4, -0.2) is 93.9 Å². The van der Waals surface area contributed by atoms with Gasteiger partial charge >= 0.3 is 0 Å². The number of aryl methyl sites for hydroxylation is 2. The first-order valence-corrected chi connectivity index (χ1v) is 19.9. The summed E-state index contributed by atoms with van der Waals surface area (Å²) in [5.41, 5.74) is 4.01. The monoisotopic (exact) mass is 765 g/mol. The molecule has 3 saturated heterocycles. The number of para-hydroxylation sites is 1. The summed E-state index contributed by atoms with van der Waals surface area (Å²) in [5.74, 6) is -0.248. The molecule has 15 heteroatoms. The van der Waals surface area contributed by atoms with Gasteiger partial charge in [-0.2, -0.15) is 5.10 Å². The van der Waals surface area contributed by atoms with Gasteiger partial charge < -0.3 is 24.4 Å². The van der Waals surface area contributed by atoms with Gasteiger partial charge in [0.1, 0.15) is 11.4 Å². The molecule has 0 radical (unpaired) electrons. The van der Waals surface area contributed by atoms with Gasteiger partial charge in [0.05, 0.1) is 44.7 Å². The van der Waals surface area contributed by atoms with E-state index in [0.29, 0.717) is 30.1 Å². The molecule has 1 unspecified atom stereocenters. The first kappa shape index (κ1) is 36.7. The number of nitrogens with one attached hydrogen (secondary N) is 2. The van der Waals surface area contributed by atoms with Crippen LogP contribution in [0.25, 0.3) is 21.1 Å². The summed E-state index contributed by atoms with van der Waals surface area (Å²) in [6.07, 6.45) is 4.51. The number of carbonyl (C=O) groups is 3. The number of rotatable bonds is 9. The Balaban J connectivity index is 0.888. The molecule has 0 spiro atoms. The highest BCUT2D eigenvalue weighted by Crippen LogP contribution is 2.37. The molecule has 3 aliphatic rings. The molecule has 1 atom stereocenters. The van der Waals surface area contributed by atoms with Gasteiger partial charge in [-0.3, -0.25) is 34.1 Å². The summed E-state index contributed by atoms with van der Waals surface area (Å²) in [5, 5.41) is 12.0. The lowest BCUT2D eigenvalue weighted by Gasteiger charge is -2.39. The number of pyridine rings is 1. The van der Waals surface area contributed by atoms with Crippen molar-refractivity contribution in [2.75, 3.05) is 60.9 Å². The van der Waals surface area contributed by atoms with Crippen LogP contribution >= 0.6 is 11.3 Å². The van der Waals surface area contributed by atoms with Crippen LogP contribution in [0.15, 0.2) is 53.5 Å². The molecule has 3 amide bonds. The maximum Gasteiger partial charge on any atom is 0.274 e. The van der Waals surface area contributed by atoms with E-state index in [2.05, 4.69) is 37.5 Å². The summed E-state index contributed by atoms with van der Waals surface area (Å²) in [4.78, 5) is 62.8. The predicted octanol–water partition coefficient (Wildman–Crippen LogP) is 4.48. The molecule has 2 N–H and O–H groups in total. The van der Waals surface area contributed by atoms with E-state index in [1.54, 1.807) is 36.7 Å². The van der Waals surface area contributed by atoms with Crippen LogP contribution < -0.4 is 30.7 Å². The van der Waals surface area contributed by atoms with Crippen molar-refractivity contribution in [2.45, 2.75) is 51.6 Å². The quantitative estimate of drug-likeness (QED) is 0.206. The van der Waals surface area contributed by atoms with Gasteiger partial charge in [0.2, 0.25) is 11.8 Å². The lowest BCUT2D eigenvalue weighted by molar-refractivity contribution is -0.134. The standard InChI is InChI=1S/C40H47N9O5S/c1-24(2)54-32-22-30-33(21-28(32)38(52)41-29-8-6-14-45(3)39(29)53)55-40(42-30)49-19-17-47(18-20-49)23-25-12-15-48(16-13-25)31-9-5-7-26-35(44-46(4)36(26)31)27-10-11-34(50)43-37(27)51/h5-9,14,21-22,24-25,27H,10-13,15-20,23H2,1-4H3,(H,41,52)(H,43,50,51). The zero-order chi connectivity index (χ0) is 38.4. The van der Waals surface area contributed by atoms with Gasteiger partial charge in [0.25, 0.3) is 11.5 Å². The number of aromatic nitrogens is 4. The fourth-order valence-corrected chi connectivity index (χ4v) is 9.18. The van der Waals surface area contributed by atoms with E-state index in [4.69, 9.17) is 14.8 Å². The topological polar surface area (TPSA) is 147 Å². The summed E-state index contributed by atoms with van der Waals surface area (Å²) >= 11 is 1.57. The molecule has 14 nitrogen and oxygen atoms in total. The Morgan fingerprint density at radius 2 is 1.76 bits per heavy atom. The second-order valence-corrected chi connectivity index (χ2v) is 16.2. The molecule has 0 aliphatic carbocycles. The van der Waals surface area contributed by atoms with E-state index in [-0.39, 0.29) is 29.2 Å². The zero-order valence-electron chi connectivity index (χ0n) is 31.7. The van der Waals surface area contributed by atoms with Gasteiger partial charge in [-0.05, 0) is 63.3 Å². The summed E-state index contributed by atoms with van der Waals surface area (Å²) < 4.78 is 10.3. The fraction of sp³-hybridized carbons (Fsp3) is 0.450. The second kappa shape index (κ2) is 15.1. The van der Waals surface area contributed by atoms with Crippen molar-refractivity contribution in [3.63, 3.8) is 0 Å². The van der Waals surface area contributed by atoms with Crippen LogP contribution in [0.3, 0.4) is 0 Å². The van der Waals surface area contributed by atoms with Crippen molar-refractivity contribution in [3.8, 4) is 5.75 Å². The first-order chi connectivity index (χ1) is 26.5. The molecule has 0 saturated carbocycles. The number of amides is 3. The minimum absolute atomic E-state index is 0.151. The number of piperidine rings is 2. The van der Waals surface area contributed by atoms with Crippen LogP contribution in [0.4, 0.5) is 16.5 Å². The van der Waals surface area contributed by atoms with Crippen molar-refractivity contribution in [1.29, 1.82) is 0 Å². The van der Waals surface area contributed by atoms with Gasteiger partial charge in [-0.15, -0.1) is 0 Å². The Kier molecular flexibility index (Phi) is 10.1. The van der Waals surface area contributed by atoms with Crippen molar-refractivity contribution in [3.05, 3.63) is 70.3 Å². The predicted molar refractivity (Wildman–Crippen MR) is 214 cm³/mol. The molecule has 3 aliphatic heterocycles. The summed E-state index contributed by atoms with van der Waals surface area (Å²) in [7, 11) is 3.59. The molecule has 5 aromatic rings. The van der Waals surface area contributed by atoms with Crippen LogP contribution in [0, 0.1) is 5.92 Å². The first-order valence-electron chi connectivity index (χ1n) is 19.1. The van der Waals surface area contributed by atoms with E-state index in [0.717, 1.165) is 96.3 Å². The molecule has 8 rings (SSSR count). The number of piperazine rings is 1. The number of hydrogen-bond donors (Lipinski definition) is 2. The van der Waals surface area contributed by atoms with E-state index in [1.807, 2.05) is 43.8 Å². The number of hydrogen-bond acceptors (Lipinski definition) is 11. The van der Waals surface area contributed by atoms with Gasteiger partial charge in [0, 0.05) is 84.0 Å². The Bertz CT molecular complexity index is 2330. The largest absolute Gasteiger partial charge is 0.490 e. The summed E-state index contributed by atoms with van der Waals surface area (Å²) in [6.45, 7) is 10.5. The molecule has 2 aromatic carbocycles. The molecular formula is C40H47N9O5S. The fourth-order valence-electron chi connectivity index (χ4n) is 8.14. The maximum atomic E-state index is 13.5. The van der Waals surface area contributed by atoms with E-state index in [9.17, 15) is 19.2 Å². The van der Waals surface area contributed by atoms with Gasteiger partial charge in [-0.25, -0.2) is 4.98 Å². The Labute approximate surface area is 323 Å². The summed E-state index contributed by atoms with van der Waals surface area (Å²) in [6, 6.07) is 13.2. The third-order valence-electron chi connectivity index (χ3n) is 11.0. The normalized spacial score (nSPS) is 18.7. The van der Waals surface area contributed by atoms with Crippen molar-refractivity contribution >= 4 is 66.7 Å². The third-order valence-corrected chi connectivity index (χ3v) is 12.1. The maximum absolute atomic E-state index is 13.5. The number of imide groups is 1. The Hall–Kier alpha value is -5.28. The highest BCUT2D eigenvalue weighted by molar-refractivity contribution is 7.22. The number of nitrogens with zero attached hydrogens (tertiary/aromatic N) is 7. The lowest BCUT2D eigenvalue weighted by Crippen LogP contribution is -2.49. The number of carbonyl (C=O) groups excluding carboxylic acids is 3. The Morgan fingerprint density at radius 1 is 0.982 bits per heavy atom. The molecular weight excluding hydrogens is 719 g/mol. The number of anilines is 3. The SMILES string of the molecule is CC(C)Oc1cc2nc(N3CCN(CC4CCN(c5cccc6c(C7CCC(=O)NC7=O)nn(C)c56)CC4)CC3)sc2cc1C(=O)Nc1cccn(C)c1=O. The van der Waals surface area contributed by atoms with E-state index in [1.165, 1.54) is 4.57 Å². The van der Waals surface area contributed by atoms with Crippen molar-refractivity contribution in [1.82, 2.24) is 29.5 Å². The molecule has 6 heterocycles. The minimum Gasteiger partial charge on any atom is -0.490 e. The third kappa shape index (κ3) is 7.42. The molecule has 288 valence electrons. The zero-order valence-corrected chi connectivity index (χ0v) is 32.5. The average molecular weight is 766 g/mol. The second-order valence-electron chi connectivity index (χ2n) is 15.2. The van der Waals surface area contributed by atoms with E-state index >= 15 is 0 Å². The number of thiazole rings is 1. The molecule has 55 heavy (non-hydrogen) atoms. The van der Waals surface area contributed by atoms with E-state index < -0.39 is 11.8 Å². The highest BCUT2D eigenvalue weighted by atomic mass is 32.1. The van der Waals surface area contributed by atoms with Crippen LogP contribution in [0.1, 0.15) is 61.5 Å². The van der Waals surface area contributed by atoms with Crippen molar-refractivity contribution in [2.24, 2.45) is 20.0 Å². The van der Waals surface area contributed by atoms with Gasteiger partial charge in [-0.1, -0.05) is 23.5 Å². The van der Waals surface area contributed by atoms with Crippen LogP contribution in [0.2, 0.25) is 0 Å². The number of fused-ring (bicyclic) bond motifs is 2. The molecule has 3 fully saturated rings. The van der Waals surface area contributed by atoms with Crippen LogP contribution in [-0.2, 0) is 23.7 Å². The average Bonchev–Trinajstić information content (AvgIpc) is 3.74. The Morgan fingerprint density at radius 3 is 2.51 bits per heavy atom. The number of ether oxygens (including phenoxy) is 1. The molecule has 0 bridgehead atoms. The smallest absolute Gasteiger partial charge is 0.274 e. The van der Waals surface area contributed by atoms with Crippen LogP contribution in [0.5, 0.6) is 5.75 Å². The minimum atomic E-state index is -0.417. The highest BCUT2D eigenvalue weighted by Gasteiger charge is 2.33. The number of benzene rings is 2. The molecule has 3 aromatic heterocycles. The van der Waals surface area contributed by atoms with Crippen molar-refractivity contribution < 1.29 is 19.1 Å². The lowest BCUT2D eigenvalue weighted by atomic mass is 9.92.